The fourth-order valence-corrected chi connectivity index (χ4v) is 2.53. The molecule has 2 aromatic rings. The van der Waals surface area contributed by atoms with Crippen LogP contribution in [-0.2, 0) is 9.53 Å². The number of benzene rings is 2. The molecule has 0 spiro atoms. The van der Waals surface area contributed by atoms with E-state index in [1.807, 2.05) is 0 Å². The van der Waals surface area contributed by atoms with E-state index in [-0.39, 0.29) is 17.3 Å². The lowest BCUT2D eigenvalue weighted by Gasteiger charge is -1.99. The number of hydrogen-bond donors (Lipinski definition) is 0. The standard InChI is InChI=1S/C18H10Cl2N2O4/c19-14-3-1-2-12(17(14)20)6-9-16-21-15(18(23)26-16)10-11-4-7-13(8-5-11)22(24)25/h1-10H. The Bertz CT molecular complexity index is 979. The topological polar surface area (TPSA) is 81.8 Å². The molecule has 0 saturated carbocycles. The van der Waals surface area contributed by atoms with Gasteiger partial charge in [-0.1, -0.05) is 35.3 Å². The number of rotatable bonds is 4. The highest BCUT2D eigenvalue weighted by molar-refractivity contribution is 6.42. The molecule has 0 saturated heterocycles. The highest BCUT2D eigenvalue weighted by Gasteiger charge is 2.21. The lowest BCUT2D eigenvalue weighted by atomic mass is 10.2. The summed E-state index contributed by atoms with van der Waals surface area (Å²) in [6, 6.07) is 10.9. The van der Waals surface area contributed by atoms with E-state index in [2.05, 4.69) is 4.99 Å². The van der Waals surface area contributed by atoms with Crippen molar-refractivity contribution in [3.63, 3.8) is 0 Å². The largest absolute Gasteiger partial charge is 0.403 e. The third-order valence-corrected chi connectivity index (χ3v) is 4.26. The maximum absolute atomic E-state index is 11.9. The molecule has 1 aliphatic rings. The highest BCUT2D eigenvalue weighted by atomic mass is 35.5. The number of halogens is 2. The van der Waals surface area contributed by atoms with Crippen molar-refractivity contribution in [2.24, 2.45) is 4.99 Å². The van der Waals surface area contributed by atoms with Gasteiger partial charge in [0.2, 0.25) is 5.90 Å². The number of nitrogens with zero attached hydrogens (tertiary/aromatic N) is 2. The van der Waals surface area contributed by atoms with Crippen molar-refractivity contribution < 1.29 is 14.5 Å². The van der Waals surface area contributed by atoms with Gasteiger partial charge in [0.1, 0.15) is 0 Å². The van der Waals surface area contributed by atoms with Crippen molar-refractivity contribution >= 4 is 52.9 Å². The Kier molecular flexibility index (Phi) is 5.16. The number of ether oxygens (including phenoxy) is 1. The van der Waals surface area contributed by atoms with Gasteiger partial charge in [0.25, 0.3) is 5.69 Å². The van der Waals surface area contributed by atoms with Crippen molar-refractivity contribution in [2.75, 3.05) is 0 Å². The molecule has 0 bridgehead atoms. The monoisotopic (exact) mass is 388 g/mol. The fraction of sp³-hybridized carbons (Fsp3) is 0. The number of non-ortho nitro benzene ring substituents is 1. The first kappa shape index (κ1) is 17.8. The summed E-state index contributed by atoms with van der Waals surface area (Å²) in [4.78, 5) is 26.2. The van der Waals surface area contributed by atoms with Gasteiger partial charge in [-0.15, -0.1) is 0 Å². The van der Waals surface area contributed by atoms with Crippen LogP contribution in [-0.4, -0.2) is 16.8 Å². The summed E-state index contributed by atoms with van der Waals surface area (Å²) in [5.41, 5.74) is 1.31. The van der Waals surface area contributed by atoms with Gasteiger partial charge in [-0.25, -0.2) is 9.79 Å². The Labute approximate surface area is 158 Å². The zero-order valence-corrected chi connectivity index (χ0v) is 14.6. The molecule has 0 unspecified atom stereocenters. The predicted molar refractivity (Wildman–Crippen MR) is 100 cm³/mol. The molecule has 0 atom stereocenters. The smallest absolute Gasteiger partial charge is 0.363 e. The molecule has 2 aromatic carbocycles. The first-order chi connectivity index (χ1) is 12.4. The fourth-order valence-electron chi connectivity index (χ4n) is 2.16. The molecule has 1 heterocycles. The zero-order valence-electron chi connectivity index (χ0n) is 13.1. The van der Waals surface area contributed by atoms with E-state index in [1.165, 1.54) is 36.4 Å². The number of esters is 1. The minimum absolute atomic E-state index is 0.0355. The summed E-state index contributed by atoms with van der Waals surface area (Å²) in [5, 5.41) is 11.5. The van der Waals surface area contributed by atoms with Gasteiger partial charge in [-0.3, -0.25) is 10.1 Å². The molecule has 0 fully saturated rings. The van der Waals surface area contributed by atoms with Crippen molar-refractivity contribution in [2.45, 2.75) is 0 Å². The van der Waals surface area contributed by atoms with Crippen molar-refractivity contribution in [1.82, 2.24) is 0 Å². The molecular formula is C18H10Cl2N2O4. The number of hydrogen-bond acceptors (Lipinski definition) is 5. The molecule has 26 heavy (non-hydrogen) atoms. The number of nitro benzene ring substituents is 1. The molecule has 0 amide bonds. The Morgan fingerprint density at radius 2 is 1.81 bits per heavy atom. The SMILES string of the molecule is O=C1OC(C=Cc2cccc(Cl)c2Cl)=NC1=Cc1ccc([N+](=O)[O-])cc1. The van der Waals surface area contributed by atoms with Crippen molar-refractivity contribution in [1.29, 1.82) is 0 Å². The van der Waals surface area contributed by atoms with Crippen LogP contribution in [0, 0.1) is 10.1 Å². The number of carbonyl (C=O) groups is 1. The number of carbonyl (C=O) groups excluding carboxylic acids is 1. The Morgan fingerprint density at radius 1 is 1.08 bits per heavy atom. The summed E-state index contributed by atoms with van der Waals surface area (Å²) in [6.07, 6.45) is 4.63. The number of cyclic esters (lactones) is 1. The second-order valence-electron chi connectivity index (χ2n) is 5.19. The van der Waals surface area contributed by atoms with E-state index in [0.29, 0.717) is 21.2 Å². The van der Waals surface area contributed by atoms with E-state index in [0.717, 1.165) is 0 Å². The molecule has 6 nitrogen and oxygen atoms in total. The van der Waals surface area contributed by atoms with Crippen molar-refractivity contribution in [3.8, 4) is 0 Å². The number of nitro groups is 1. The van der Waals surface area contributed by atoms with Gasteiger partial charge < -0.3 is 4.74 Å². The maximum Gasteiger partial charge on any atom is 0.363 e. The van der Waals surface area contributed by atoms with Crippen LogP contribution < -0.4 is 0 Å². The van der Waals surface area contributed by atoms with E-state index in [4.69, 9.17) is 27.9 Å². The van der Waals surface area contributed by atoms with Crippen LogP contribution in [0.15, 0.2) is 59.2 Å². The minimum atomic E-state index is -0.611. The van der Waals surface area contributed by atoms with Crippen LogP contribution in [0.1, 0.15) is 11.1 Å². The van der Waals surface area contributed by atoms with Crippen LogP contribution >= 0.6 is 23.2 Å². The summed E-state index contributed by atoms with van der Waals surface area (Å²) < 4.78 is 5.07. The summed E-state index contributed by atoms with van der Waals surface area (Å²) >= 11 is 12.0. The molecule has 1 aliphatic heterocycles. The van der Waals surface area contributed by atoms with Crippen LogP contribution in [0.3, 0.4) is 0 Å². The number of aliphatic imine (C=N–C) groups is 1. The lowest BCUT2D eigenvalue weighted by Crippen LogP contribution is -2.01. The average molecular weight is 389 g/mol. The first-order valence-electron chi connectivity index (χ1n) is 7.33. The molecule has 0 radical (unpaired) electrons. The minimum Gasteiger partial charge on any atom is -0.403 e. The van der Waals surface area contributed by atoms with E-state index in [9.17, 15) is 14.9 Å². The third-order valence-electron chi connectivity index (χ3n) is 3.43. The molecule has 0 aromatic heterocycles. The molecule has 3 rings (SSSR count). The Morgan fingerprint density at radius 3 is 2.50 bits per heavy atom. The Balaban J connectivity index is 1.81. The van der Waals surface area contributed by atoms with E-state index >= 15 is 0 Å². The molecule has 8 heteroatoms. The molecule has 130 valence electrons. The van der Waals surface area contributed by atoms with Gasteiger partial charge in [0.05, 0.1) is 15.0 Å². The van der Waals surface area contributed by atoms with Crippen LogP contribution in [0.25, 0.3) is 12.2 Å². The second-order valence-corrected chi connectivity index (χ2v) is 5.98. The molecule has 0 aliphatic carbocycles. The quantitative estimate of drug-likeness (QED) is 0.322. The van der Waals surface area contributed by atoms with Crippen LogP contribution in [0.4, 0.5) is 5.69 Å². The van der Waals surface area contributed by atoms with Crippen molar-refractivity contribution in [3.05, 3.63) is 85.5 Å². The highest BCUT2D eigenvalue weighted by Crippen LogP contribution is 2.27. The maximum atomic E-state index is 11.9. The average Bonchev–Trinajstić information content (AvgIpc) is 2.96. The Hall–Kier alpha value is -2.96. The van der Waals surface area contributed by atoms with Crippen LogP contribution in [0.2, 0.25) is 10.0 Å². The zero-order chi connectivity index (χ0) is 18.7. The molecular weight excluding hydrogens is 379 g/mol. The van der Waals surface area contributed by atoms with Gasteiger partial charge in [0.15, 0.2) is 5.70 Å². The third kappa shape index (κ3) is 3.99. The lowest BCUT2D eigenvalue weighted by molar-refractivity contribution is -0.384. The summed E-state index contributed by atoms with van der Waals surface area (Å²) in [7, 11) is 0. The second kappa shape index (κ2) is 7.51. The van der Waals surface area contributed by atoms with Gasteiger partial charge >= 0.3 is 5.97 Å². The van der Waals surface area contributed by atoms with Gasteiger partial charge in [-0.2, -0.15) is 0 Å². The van der Waals surface area contributed by atoms with E-state index < -0.39 is 10.9 Å². The van der Waals surface area contributed by atoms with Gasteiger partial charge in [0, 0.05) is 18.2 Å². The van der Waals surface area contributed by atoms with Crippen LogP contribution in [0.5, 0.6) is 0 Å². The predicted octanol–water partition coefficient (Wildman–Crippen LogP) is 4.91. The molecule has 0 N–H and O–H groups in total. The van der Waals surface area contributed by atoms with E-state index in [1.54, 1.807) is 24.3 Å². The normalized spacial score (nSPS) is 15.4. The first-order valence-corrected chi connectivity index (χ1v) is 8.09. The summed E-state index contributed by atoms with van der Waals surface area (Å²) in [5.74, 6) is -0.501. The summed E-state index contributed by atoms with van der Waals surface area (Å²) in [6.45, 7) is 0. The van der Waals surface area contributed by atoms with Gasteiger partial charge in [-0.05, 0) is 41.5 Å².